The van der Waals surface area contributed by atoms with E-state index in [0.717, 1.165) is 0 Å². The van der Waals surface area contributed by atoms with Crippen LogP contribution in [0.15, 0.2) is 44.0 Å². The Labute approximate surface area is 631 Å². The Morgan fingerprint density at radius 3 is 1.13 bits per heavy atom. The van der Waals surface area contributed by atoms with Crippen LogP contribution >= 0.6 is 24.8 Å². The van der Waals surface area contributed by atoms with Crippen molar-refractivity contribution in [3.05, 3.63) is 88.5 Å². The van der Waals surface area contributed by atoms with Gasteiger partial charge in [0.25, 0.3) is 22.2 Å². The third-order valence-electron chi connectivity index (χ3n) is 19.1. The summed E-state index contributed by atoms with van der Waals surface area (Å²) in [6, 6.07) is -1.57. The summed E-state index contributed by atoms with van der Waals surface area (Å²) < 4.78 is 64.6. The molecule has 14 heterocycles. The van der Waals surface area contributed by atoms with Gasteiger partial charge in [0.05, 0.1) is 13.2 Å². The van der Waals surface area contributed by atoms with Gasteiger partial charge in [-0.25, -0.2) is 24.7 Å². The number of fused-ring (bicyclic) bond motifs is 6. The molecule has 14 rings (SSSR count). The predicted molar refractivity (Wildman–Crippen MR) is 391 cm³/mol. The van der Waals surface area contributed by atoms with Crippen LogP contribution in [-0.4, -0.2) is 230 Å². The monoisotopic (exact) mass is 1580 g/mol. The number of hydrogen-bond acceptors (Lipinski definition) is 32. The molecule has 6 fully saturated rings. The summed E-state index contributed by atoms with van der Waals surface area (Å²) >= 11 is 0. The minimum Gasteiger partial charge on any atom is -0.462 e. The van der Waals surface area contributed by atoms with Gasteiger partial charge in [0.15, 0.2) is 11.6 Å². The van der Waals surface area contributed by atoms with Gasteiger partial charge in [-0.15, -0.1) is 24.8 Å². The number of anilines is 4. The van der Waals surface area contributed by atoms with Crippen LogP contribution in [0.3, 0.4) is 0 Å². The minimum absolute atomic E-state index is 0. The Balaban J connectivity index is 0.000000169. The fourth-order valence-corrected chi connectivity index (χ4v) is 14.2. The van der Waals surface area contributed by atoms with E-state index in [4.69, 9.17) is 81.1 Å². The van der Waals surface area contributed by atoms with Crippen molar-refractivity contribution >= 4 is 111 Å². The summed E-state index contributed by atoms with van der Waals surface area (Å²) in [5.74, 6) is -3.50. The van der Waals surface area contributed by atoms with Crippen molar-refractivity contribution < 1.29 is 92.4 Å². The number of aliphatic hydroxyl groups excluding tert-OH is 6. The number of amides is 1. The first-order valence-corrected chi connectivity index (χ1v) is 34.3. The number of aliphatic hydroxyl groups is 6. The summed E-state index contributed by atoms with van der Waals surface area (Å²) in [6.07, 6.45) is -6.19. The second-order valence-corrected chi connectivity index (χ2v) is 28.7. The first-order valence-electron chi connectivity index (χ1n) is 34.3. The Bertz CT molecular complexity index is 4920. The number of rotatable bonds is 15. The molecule has 6 aliphatic rings. The van der Waals surface area contributed by atoms with Crippen LogP contribution in [-0.2, 0) is 89.9 Å². The molecule has 0 radical (unpaired) electrons. The molecule has 109 heavy (non-hydrogen) atoms. The van der Waals surface area contributed by atoms with Crippen LogP contribution in [0.4, 0.5) is 23.8 Å². The number of carbonyl (C=O) groups is 3. The van der Waals surface area contributed by atoms with Gasteiger partial charge >= 0.3 is 11.9 Å². The quantitative estimate of drug-likeness (QED) is 0.0479. The van der Waals surface area contributed by atoms with Crippen LogP contribution in [0.25, 0.3) is 44.1 Å². The molecule has 1 amide bonds. The summed E-state index contributed by atoms with van der Waals surface area (Å²) in [5.41, 5.74) is 31.8. The average Bonchev–Trinajstić information content (AvgIpc) is 1.58. The number of ether oxygens (including phenoxy) is 10. The largest absolute Gasteiger partial charge is 0.462 e. The number of hydrogen-bond donors (Lipinski definition) is 16. The predicted octanol–water partition coefficient (Wildman–Crippen LogP) is -2.32. The van der Waals surface area contributed by atoms with Gasteiger partial charge in [0.2, 0.25) is 29.7 Å². The van der Waals surface area contributed by atoms with E-state index in [2.05, 4.69) is 45.2 Å². The summed E-state index contributed by atoms with van der Waals surface area (Å²) in [4.78, 5) is 111. The van der Waals surface area contributed by atoms with Crippen LogP contribution in [0.2, 0.25) is 0 Å². The number of aryl methyl sites for hydroxylation is 4. The highest BCUT2D eigenvalue weighted by Gasteiger charge is 2.58. The number of nitrogens with two attached hydrogens (primary N) is 5. The Hall–Kier alpha value is -8.73. The smallest absolute Gasteiger partial charge is 0.328 e. The first-order chi connectivity index (χ1) is 50.2. The van der Waals surface area contributed by atoms with Crippen molar-refractivity contribution in [2.24, 2.45) is 45.8 Å². The normalized spacial score (nSPS) is 27.6. The van der Waals surface area contributed by atoms with E-state index < -0.39 is 145 Å². The number of nitrogens with zero attached hydrogens (tertiary/aromatic N) is 8. The van der Waals surface area contributed by atoms with Gasteiger partial charge in [-0.1, -0.05) is 27.7 Å². The van der Waals surface area contributed by atoms with E-state index in [1.807, 2.05) is 27.7 Å². The van der Waals surface area contributed by atoms with E-state index in [1.54, 1.807) is 94.4 Å². The van der Waals surface area contributed by atoms with Crippen molar-refractivity contribution in [1.29, 1.82) is 0 Å². The maximum Gasteiger partial charge on any atom is 0.328 e. The van der Waals surface area contributed by atoms with Gasteiger partial charge in [0.1, 0.15) is 167 Å². The van der Waals surface area contributed by atoms with E-state index >= 15 is 0 Å². The van der Waals surface area contributed by atoms with Gasteiger partial charge in [-0.3, -0.25) is 48.7 Å². The number of nitrogen functional groups attached to an aromatic ring is 4. The molecular weight excluding hydrogens is 1480 g/mol. The van der Waals surface area contributed by atoms with Gasteiger partial charge in [-0.2, -0.15) is 0 Å². The summed E-state index contributed by atoms with van der Waals surface area (Å²) in [6.45, 7) is 14.8. The maximum absolute atomic E-state index is 12.7. The molecule has 600 valence electrons. The highest BCUT2D eigenvalue weighted by molar-refractivity contribution is 5.86. The highest BCUT2D eigenvalue weighted by atomic mass is 35.5. The van der Waals surface area contributed by atoms with Crippen LogP contribution in [0, 0.1) is 11.8 Å². The molecule has 6 aliphatic heterocycles. The van der Waals surface area contributed by atoms with Crippen molar-refractivity contribution in [1.82, 2.24) is 63.5 Å². The van der Waals surface area contributed by atoms with Crippen molar-refractivity contribution in [3.63, 3.8) is 0 Å². The zero-order valence-corrected chi connectivity index (χ0v) is 63.2. The molecule has 6 saturated heterocycles. The second kappa shape index (κ2) is 32.7. The molecular formula is C66H94Cl2N18O23. The lowest BCUT2D eigenvalue weighted by molar-refractivity contribution is -0.194. The zero-order valence-electron chi connectivity index (χ0n) is 61.6. The molecule has 2 unspecified atom stereocenters. The van der Waals surface area contributed by atoms with Crippen LogP contribution in [0.1, 0.15) is 109 Å². The van der Waals surface area contributed by atoms with Crippen molar-refractivity contribution in [2.45, 2.75) is 184 Å². The number of nitrogens with one attached hydrogen (secondary N) is 5. The van der Waals surface area contributed by atoms with Crippen LogP contribution < -0.4 is 56.2 Å². The molecule has 0 aliphatic carbocycles. The first kappa shape index (κ1) is 84.3. The Kier molecular flexibility index (Phi) is 25.3. The fraction of sp³-hybridized carbons (Fsp3) is 0.591. The molecule has 0 bridgehead atoms. The summed E-state index contributed by atoms with van der Waals surface area (Å²) in [5, 5.41) is 62.0. The molecule has 8 aromatic heterocycles. The highest BCUT2D eigenvalue weighted by Crippen LogP contribution is 2.49. The van der Waals surface area contributed by atoms with E-state index in [0.29, 0.717) is 49.8 Å². The molecule has 18 atom stereocenters. The maximum atomic E-state index is 12.7. The number of aromatic nitrogens is 12. The lowest BCUT2D eigenvalue weighted by atomic mass is 10.0. The molecule has 8 aromatic rings. The Morgan fingerprint density at radius 1 is 0.486 bits per heavy atom. The Morgan fingerprint density at radius 2 is 0.789 bits per heavy atom. The van der Waals surface area contributed by atoms with Crippen molar-refractivity contribution in [3.8, 4) is 0 Å². The molecule has 0 saturated carbocycles. The van der Waals surface area contributed by atoms with Crippen LogP contribution in [0.5, 0.6) is 0 Å². The molecule has 0 aromatic carbocycles. The average molecular weight is 1580 g/mol. The standard InChI is InChI=1S/C22H31N5O7.C17H25N5O6.C15H20N4O5.C12H16N4O5.2ClH/c1-9(2)13(24-10(3)28)20(30)31-8-12-17-18(34-22(4,5)33-17)16(32-12)11-7-27(6)15-14(11)25-21(23)26-19(15)29;1-6(2)9(18)16(26)27-5-8-12(23)13(24)14(28-8)7-4-22(3)11-10(7)20-17(19)21-15(11)25;1-15(2)23-11-7(5-20)22-10(12(11)24-15)6-4-19(3)9-8(6)17-14(16)18-13(9)21;1-16-2-4(6-7(16)11(20)15-12(13)14-6)10-9(19)8(18)5(3-17)21-10;;/h7,9,12-13,16-18H,8H2,1-6H3,(H,24,28)(H3,23,25,26,29);4,6,8-9,12-14,23-24H,5,18H2,1-3H3,(H3,19,20,21,25);4,7,10-12,20H,5H2,1-3H3,(H3,16,17,18,21);2,5,8-10,17-19H,3H2,1H3,(H3,13,14,15,20);2*1H/t12-,13+,16+,17-,18?;8-,9+,12-,13-,14+;7-,10+,11-,12?;5-,8-,9-,10+;;/m1111../s1. The lowest BCUT2D eigenvalue weighted by Crippen LogP contribution is -2.45. The third-order valence-corrected chi connectivity index (χ3v) is 19.1. The number of halogens is 2. The van der Waals surface area contributed by atoms with E-state index in [1.165, 1.54) is 11.5 Å². The van der Waals surface area contributed by atoms with Gasteiger partial charge < -0.3 is 130 Å². The van der Waals surface area contributed by atoms with E-state index in [-0.39, 0.29) is 120 Å². The zero-order chi connectivity index (χ0) is 78.2. The molecule has 0 spiro atoms. The van der Waals surface area contributed by atoms with Gasteiger partial charge in [0, 0.05) is 82.2 Å². The van der Waals surface area contributed by atoms with Crippen molar-refractivity contribution in [2.75, 3.05) is 49.4 Å². The fourth-order valence-electron chi connectivity index (χ4n) is 14.2. The van der Waals surface area contributed by atoms with E-state index in [9.17, 15) is 59.1 Å². The second-order valence-electron chi connectivity index (χ2n) is 28.7. The molecule has 43 heteroatoms. The lowest BCUT2D eigenvalue weighted by Gasteiger charge is -2.25. The number of esters is 2. The minimum atomic E-state index is -1.31. The SMILES string of the molecule is CC(=O)N[C@H](C(=O)OC[C@H]1O[C@@H](c2cn(C)c3c(=O)[nH]c(N)nc23)C2OC(C)(C)O[C@@H]21)C(C)C.CC(C)[C@H](N)C(=O)OC[C@H]1O[C@@H](c2cn(C)c3c(=O)[nH]c(N)nc23)[C@H](O)[C@@H]1O.Cl.Cl.Cn1cc([C@@H]2O[C@H](CO)[C@@H](O)[C@H]2O)c2nc(N)[nH]c(=O)c21.Cn1cc([C@@H]2O[C@H](CO)[C@H]3OC(C)(C)OC23)c2nc(N)[nH]c(=O)c21. The molecule has 41 nitrogen and oxygen atoms in total. The summed E-state index contributed by atoms with van der Waals surface area (Å²) in [7, 11) is 6.78. The third kappa shape index (κ3) is 16.7. The number of carbonyl (C=O) groups excluding carboxylic acids is 3. The van der Waals surface area contributed by atoms with Gasteiger partial charge in [-0.05, 0) is 39.5 Å². The number of H-pyrrole nitrogens is 4. The molecule has 21 N–H and O–H groups in total. The topological polar surface area (TPSA) is 610 Å². The number of aromatic amines is 4.